The Morgan fingerprint density at radius 1 is 1.17 bits per heavy atom. The molecule has 2 rings (SSSR count). The van der Waals surface area contributed by atoms with E-state index in [0.29, 0.717) is 5.69 Å². The van der Waals surface area contributed by atoms with Crippen molar-refractivity contribution in [2.75, 3.05) is 11.9 Å². The highest BCUT2D eigenvalue weighted by molar-refractivity contribution is 5.92. The summed E-state index contributed by atoms with van der Waals surface area (Å²) in [6.45, 7) is 5.57. The van der Waals surface area contributed by atoms with Crippen molar-refractivity contribution in [3.05, 3.63) is 42.7 Å². The Morgan fingerprint density at radius 3 is 2.43 bits per heavy atom. The number of hydrogen-bond donors (Lipinski definition) is 3. The van der Waals surface area contributed by atoms with Gasteiger partial charge in [0.1, 0.15) is 0 Å². The standard InChI is InChI=1S/C16H21N5O2/c1-16(2,3)20-14(22)11-17-15(23)19-12-5-7-13(8-6-12)21-10-4-9-18-21/h4-10H,11H2,1-3H3,(H,20,22)(H2,17,19,23). The number of nitrogens with zero attached hydrogens (tertiary/aromatic N) is 2. The van der Waals surface area contributed by atoms with Crippen molar-refractivity contribution in [3.63, 3.8) is 0 Å². The van der Waals surface area contributed by atoms with E-state index in [-0.39, 0.29) is 18.0 Å². The molecule has 0 fully saturated rings. The minimum Gasteiger partial charge on any atom is -0.350 e. The molecule has 0 bridgehead atoms. The molecular weight excluding hydrogens is 294 g/mol. The highest BCUT2D eigenvalue weighted by Gasteiger charge is 2.14. The molecule has 1 aromatic carbocycles. The summed E-state index contributed by atoms with van der Waals surface area (Å²) in [6, 6.07) is 8.63. The predicted octanol–water partition coefficient (Wildman–Crippen LogP) is 1.91. The lowest BCUT2D eigenvalue weighted by Crippen LogP contribution is -2.46. The van der Waals surface area contributed by atoms with Gasteiger partial charge in [0.2, 0.25) is 5.91 Å². The summed E-state index contributed by atoms with van der Waals surface area (Å²) in [5.74, 6) is -0.235. The highest BCUT2D eigenvalue weighted by Crippen LogP contribution is 2.12. The van der Waals surface area contributed by atoms with E-state index >= 15 is 0 Å². The van der Waals surface area contributed by atoms with E-state index in [4.69, 9.17) is 0 Å². The van der Waals surface area contributed by atoms with E-state index in [2.05, 4.69) is 21.0 Å². The molecule has 2 aromatic rings. The second-order valence-corrected chi connectivity index (χ2v) is 6.10. The van der Waals surface area contributed by atoms with Gasteiger partial charge in [-0.05, 0) is 51.1 Å². The van der Waals surface area contributed by atoms with Gasteiger partial charge in [-0.3, -0.25) is 4.79 Å². The van der Waals surface area contributed by atoms with Crippen LogP contribution in [0.2, 0.25) is 0 Å². The smallest absolute Gasteiger partial charge is 0.319 e. The molecule has 0 saturated heterocycles. The fraction of sp³-hybridized carbons (Fsp3) is 0.312. The minimum absolute atomic E-state index is 0.0749. The monoisotopic (exact) mass is 315 g/mol. The Bertz CT molecular complexity index is 657. The Balaban J connectivity index is 1.82. The molecule has 1 heterocycles. The zero-order valence-electron chi connectivity index (χ0n) is 13.5. The lowest BCUT2D eigenvalue weighted by Gasteiger charge is -2.20. The fourth-order valence-electron chi connectivity index (χ4n) is 1.92. The van der Waals surface area contributed by atoms with E-state index in [1.807, 2.05) is 45.2 Å². The molecule has 0 saturated carbocycles. The maximum Gasteiger partial charge on any atom is 0.319 e. The first kappa shape index (κ1) is 16.5. The van der Waals surface area contributed by atoms with Gasteiger partial charge in [-0.25, -0.2) is 9.48 Å². The van der Waals surface area contributed by atoms with Crippen molar-refractivity contribution >= 4 is 17.6 Å². The molecule has 1 aromatic heterocycles. The molecule has 0 aliphatic carbocycles. The number of benzene rings is 1. The zero-order chi connectivity index (χ0) is 16.9. The van der Waals surface area contributed by atoms with Crippen LogP contribution in [-0.4, -0.2) is 33.8 Å². The van der Waals surface area contributed by atoms with Crippen molar-refractivity contribution in [1.82, 2.24) is 20.4 Å². The summed E-state index contributed by atoms with van der Waals surface area (Å²) in [4.78, 5) is 23.4. The molecule has 0 atom stereocenters. The Kier molecular flexibility index (Phi) is 5.00. The van der Waals surface area contributed by atoms with Crippen LogP contribution in [0.25, 0.3) is 5.69 Å². The van der Waals surface area contributed by atoms with Gasteiger partial charge in [0.25, 0.3) is 0 Å². The van der Waals surface area contributed by atoms with Gasteiger partial charge in [-0.1, -0.05) is 0 Å². The number of aromatic nitrogens is 2. The Hall–Kier alpha value is -2.83. The second kappa shape index (κ2) is 6.95. The van der Waals surface area contributed by atoms with E-state index < -0.39 is 6.03 Å². The van der Waals surface area contributed by atoms with Crippen LogP contribution in [0.15, 0.2) is 42.7 Å². The molecule has 23 heavy (non-hydrogen) atoms. The highest BCUT2D eigenvalue weighted by atomic mass is 16.2. The minimum atomic E-state index is -0.430. The van der Waals surface area contributed by atoms with Crippen LogP contribution < -0.4 is 16.0 Å². The average molecular weight is 315 g/mol. The number of urea groups is 1. The van der Waals surface area contributed by atoms with Crippen LogP contribution in [0.1, 0.15) is 20.8 Å². The Labute approximate surface area is 135 Å². The van der Waals surface area contributed by atoms with Crippen molar-refractivity contribution in [2.24, 2.45) is 0 Å². The number of anilines is 1. The van der Waals surface area contributed by atoms with Gasteiger partial charge in [-0.15, -0.1) is 0 Å². The zero-order valence-corrected chi connectivity index (χ0v) is 13.5. The molecule has 3 N–H and O–H groups in total. The van der Waals surface area contributed by atoms with Crippen LogP contribution in [0.3, 0.4) is 0 Å². The van der Waals surface area contributed by atoms with Gasteiger partial charge >= 0.3 is 6.03 Å². The van der Waals surface area contributed by atoms with Crippen molar-refractivity contribution in [3.8, 4) is 5.69 Å². The third kappa shape index (κ3) is 5.46. The summed E-state index contributed by atoms with van der Waals surface area (Å²) >= 11 is 0. The SMILES string of the molecule is CC(C)(C)NC(=O)CNC(=O)Nc1ccc(-n2cccn2)cc1. The van der Waals surface area contributed by atoms with Crippen molar-refractivity contribution < 1.29 is 9.59 Å². The van der Waals surface area contributed by atoms with Gasteiger partial charge in [-0.2, -0.15) is 5.10 Å². The quantitative estimate of drug-likeness (QED) is 0.805. The molecule has 0 spiro atoms. The number of carbonyl (C=O) groups excluding carboxylic acids is 2. The second-order valence-electron chi connectivity index (χ2n) is 6.10. The largest absolute Gasteiger partial charge is 0.350 e. The molecule has 3 amide bonds. The van der Waals surface area contributed by atoms with Crippen molar-refractivity contribution in [2.45, 2.75) is 26.3 Å². The normalized spacial score (nSPS) is 10.9. The van der Waals surface area contributed by atoms with Crippen LogP contribution >= 0.6 is 0 Å². The fourth-order valence-corrected chi connectivity index (χ4v) is 1.92. The van der Waals surface area contributed by atoms with Gasteiger partial charge in [0.15, 0.2) is 0 Å². The third-order valence-electron chi connectivity index (χ3n) is 2.82. The van der Waals surface area contributed by atoms with E-state index in [9.17, 15) is 9.59 Å². The molecule has 0 aliphatic heterocycles. The van der Waals surface area contributed by atoms with E-state index in [0.717, 1.165) is 5.69 Å². The number of nitrogens with one attached hydrogen (secondary N) is 3. The number of hydrogen-bond acceptors (Lipinski definition) is 3. The van der Waals surface area contributed by atoms with Gasteiger partial charge in [0, 0.05) is 23.6 Å². The molecule has 0 aliphatic rings. The van der Waals surface area contributed by atoms with Crippen molar-refractivity contribution in [1.29, 1.82) is 0 Å². The molecule has 0 unspecified atom stereocenters. The first-order chi connectivity index (χ1) is 10.8. The summed E-state index contributed by atoms with van der Waals surface area (Å²) in [7, 11) is 0. The Morgan fingerprint density at radius 2 is 1.87 bits per heavy atom. The third-order valence-corrected chi connectivity index (χ3v) is 2.82. The molecule has 122 valence electrons. The number of carbonyl (C=O) groups is 2. The first-order valence-electron chi connectivity index (χ1n) is 7.29. The molecule has 0 radical (unpaired) electrons. The summed E-state index contributed by atoms with van der Waals surface area (Å²) < 4.78 is 1.72. The van der Waals surface area contributed by atoms with Crippen LogP contribution in [0, 0.1) is 0 Å². The van der Waals surface area contributed by atoms with Crippen LogP contribution in [0.5, 0.6) is 0 Å². The number of rotatable bonds is 4. The average Bonchev–Trinajstić information content (AvgIpc) is 2.98. The summed E-state index contributed by atoms with van der Waals surface area (Å²) in [6.07, 6.45) is 3.53. The first-order valence-corrected chi connectivity index (χ1v) is 7.29. The maximum absolute atomic E-state index is 11.8. The van der Waals surface area contributed by atoms with Crippen LogP contribution in [-0.2, 0) is 4.79 Å². The molecule has 7 nitrogen and oxygen atoms in total. The predicted molar refractivity (Wildman–Crippen MR) is 88.5 cm³/mol. The topological polar surface area (TPSA) is 88.0 Å². The molecule has 7 heteroatoms. The van der Waals surface area contributed by atoms with Gasteiger partial charge in [0.05, 0.1) is 12.2 Å². The summed E-state index contributed by atoms with van der Waals surface area (Å²) in [5.41, 5.74) is 1.21. The lowest BCUT2D eigenvalue weighted by molar-refractivity contribution is -0.121. The summed E-state index contributed by atoms with van der Waals surface area (Å²) in [5, 5.41) is 12.1. The van der Waals surface area contributed by atoms with E-state index in [1.54, 1.807) is 23.0 Å². The van der Waals surface area contributed by atoms with E-state index in [1.165, 1.54) is 0 Å². The molecular formula is C16H21N5O2. The van der Waals surface area contributed by atoms with Gasteiger partial charge < -0.3 is 16.0 Å². The van der Waals surface area contributed by atoms with Crippen LogP contribution in [0.4, 0.5) is 10.5 Å². The number of amides is 3. The maximum atomic E-state index is 11.8. The lowest BCUT2D eigenvalue weighted by atomic mass is 10.1.